The Balaban J connectivity index is 1.35. The molecule has 1 aliphatic rings. The van der Waals surface area contributed by atoms with E-state index in [-0.39, 0.29) is 0 Å². The van der Waals surface area contributed by atoms with Crippen LogP contribution >= 0.6 is 22.7 Å². The quantitative estimate of drug-likeness (QED) is 0.447. The van der Waals surface area contributed by atoms with E-state index in [1.807, 2.05) is 22.7 Å². The molecule has 1 fully saturated rings. The summed E-state index contributed by atoms with van der Waals surface area (Å²) >= 11 is 3.70. The van der Waals surface area contributed by atoms with Gasteiger partial charge in [-0.15, -0.1) is 11.3 Å². The molecule has 3 nitrogen and oxygen atoms in total. The van der Waals surface area contributed by atoms with Crippen LogP contribution in [0.3, 0.4) is 0 Å². The molecular formula is C21H21N3S2. The van der Waals surface area contributed by atoms with Crippen molar-refractivity contribution in [3.63, 3.8) is 0 Å². The summed E-state index contributed by atoms with van der Waals surface area (Å²) < 4.78 is 2.62. The van der Waals surface area contributed by atoms with E-state index >= 15 is 0 Å². The second-order valence-electron chi connectivity index (χ2n) is 6.90. The number of anilines is 1. The highest BCUT2D eigenvalue weighted by Gasteiger charge is 2.25. The molecule has 0 atom stereocenters. The van der Waals surface area contributed by atoms with Gasteiger partial charge in [-0.3, -0.25) is 0 Å². The van der Waals surface area contributed by atoms with Gasteiger partial charge >= 0.3 is 0 Å². The van der Waals surface area contributed by atoms with Crippen LogP contribution in [0.4, 0.5) is 5.13 Å². The molecule has 0 spiro atoms. The Labute approximate surface area is 161 Å². The van der Waals surface area contributed by atoms with Gasteiger partial charge in [0.25, 0.3) is 0 Å². The predicted molar refractivity (Wildman–Crippen MR) is 113 cm³/mol. The van der Waals surface area contributed by atoms with Crippen LogP contribution in [-0.4, -0.2) is 23.1 Å². The minimum Gasteiger partial charge on any atom is -0.348 e. The van der Waals surface area contributed by atoms with Crippen LogP contribution in [0.5, 0.6) is 0 Å². The highest BCUT2D eigenvalue weighted by atomic mass is 32.1. The minimum absolute atomic E-state index is 0.587. The number of para-hydroxylation sites is 2. The van der Waals surface area contributed by atoms with Gasteiger partial charge in [0.2, 0.25) is 0 Å². The van der Waals surface area contributed by atoms with Crippen molar-refractivity contribution in [2.24, 2.45) is 0 Å². The number of aryl methyl sites for hydroxylation is 1. The van der Waals surface area contributed by atoms with Crippen LogP contribution in [0, 0.1) is 0 Å². The molecule has 0 unspecified atom stereocenters. The lowest BCUT2D eigenvalue weighted by atomic mass is 9.98. The first-order valence-corrected chi connectivity index (χ1v) is 10.9. The number of benzene rings is 2. The van der Waals surface area contributed by atoms with Gasteiger partial charge < -0.3 is 4.90 Å². The molecule has 1 aliphatic heterocycles. The molecule has 0 bridgehead atoms. The predicted octanol–water partition coefficient (Wildman–Crippen LogP) is 5.85. The summed E-state index contributed by atoms with van der Waals surface area (Å²) in [5, 5.41) is 2.49. The van der Waals surface area contributed by atoms with Crippen molar-refractivity contribution in [3.8, 4) is 0 Å². The number of thiazole rings is 2. The molecule has 132 valence electrons. The smallest absolute Gasteiger partial charge is 0.186 e. The number of hydrogen-bond donors (Lipinski definition) is 0. The topological polar surface area (TPSA) is 29.0 Å². The van der Waals surface area contributed by atoms with Crippen molar-refractivity contribution in [2.75, 3.05) is 18.0 Å². The fraction of sp³-hybridized carbons (Fsp3) is 0.333. The zero-order valence-electron chi connectivity index (χ0n) is 14.8. The molecule has 0 aliphatic carbocycles. The summed E-state index contributed by atoms with van der Waals surface area (Å²) in [6.45, 7) is 4.35. The average Bonchev–Trinajstić information content (AvgIpc) is 3.32. The second kappa shape index (κ2) is 6.63. The number of hydrogen-bond acceptors (Lipinski definition) is 5. The minimum atomic E-state index is 0.587. The Bertz CT molecular complexity index is 1020. The monoisotopic (exact) mass is 379 g/mol. The van der Waals surface area contributed by atoms with Gasteiger partial charge in [-0.25, -0.2) is 9.97 Å². The molecule has 5 rings (SSSR count). The lowest BCUT2D eigenvalue weighted by Gasteiger charge is -2.30. The molecule has 5 heteroatoms. The SMILES string of the molecule is CCc1cccc2sc(N3CCC(c4nc5ccccc5s4)CC3)nc12. The first-order valence-electron chi connectivity index (χ1n) is 9.30. The summed E-state index contributed by atoms with van der Waals surface area (Å²) in [5.74, 6) is 0.587. The van der Waals surface area contributed by atoms with E-state index in [1.54, 1.807) is 0 Å². The van der Waals surface area contributed by atoms with Crippen LogP contribution < -0.4 is 4.90 Å². The lowest BCUT2D eigenvalue weighted by molar-refractivity contribution is 0.504. The molecule has 0 saturated carbocycles. The van der Waals surface area contributed by atoms with Gasteiger partial charge in [-0.1, -0.05) is 42.5 Å². The van der Waals surface area contributed by atoms with Gasteiger partial charge in [-0.05, 0) is 43.0 Å². The first kappa shape index (κ1) is 16.2. The van der Waals surface area contributed by atoms with Gasteiger partial charge in [0.05, 0.1) is 25.4 Å². The van der Waals surface area contributed by atoms with Crippen molar-refractivity contribution in [1.82, 2.24) is 9.97 Å². The van der Waals surface area contributed by atoms with Crippen LogP contribution in [0.25, 0.3) is 20.4 Å². The summed E-state index contributed by atoms with van der Waals surface area (Å²) in [5.41, 5.74) is 3.70. The van der Waals surface area contributed by atoms with Gasteiger partial charge in [0, 0.05) is 19.0 Å². The van der Waals surface area contributed by atoms with E-state index in [0.717, 1.165) is 37.9 Å². The molecular weight excluding hydrogens is 358 g/mol. The number of rotatable bonds is 3. The molecule has 3 heterocycles. The highest BCUT2D eigenvalue weighted by Crippen LogP contribution is 2.37. The third-order valence-electron chi connectivity index (χ3n) is 5.30. The number of fused-ring (bicyclic) bond motifs is 2. The largest absolute Gasteiger partial charge is 0.348 e. The molecule has 2 aromatic heterocycles. The Hall–Kier alpha value is -1.98. The summed E-state index contributed by atoms with van der Waals surface area (Å²) in [7, 11) is 0. The number of nitrogens with zero attached hydrogens (tertiary/aromatic N) is 3. The Morgan fingerprint density at radius 2 is 1.77 bits per heavy atom. The van der Waals surface area contributed by atoms with Crippen molar-refractivity contribution in [2.45, 2.75) is 32.1 Å². The van der Waals surface area contributed by atoms with Gasteiger partial charge in [0.15, 0.2) is 5.13 Å². The molecule has 26 heavy (non-hydrogen) atoms. The van der Waals surface area contributed by atoms with Crippen molar-refractivity contribution < 1.29 is 0 Å². The van der Waals surface area contributed by atoms with Crippen molar-refractivity contribution >= 4 is 48.2 Å². The van der Waals surface area contributed by atoms with E-state index in [2.05, 4.69) is 54.3 Å². The fourth-order valence-electron chi connectivity index (χ4n) is 3.80. The molecule has 2 aromatic carbocycles. The Kier molecular flexibility index (Phi) is 4.14. The molecule has 0 radical (unpaired) electrons. The second-order valence-corrected chi connectivity index (χ2v) is 8.97. The Morgan fingerprint density at radius 1 is 0.962 bits per heavy atom. The van der Waals surface area contributed by atoms with E-state index in [9.17, 15) is 0 Å². The number of aromatic nitrogens is 2. The van der Waals surface area contributed by atoms with Crippen LogP contribution in [0.2, 0.25) is 0 Å². The number of piperidine rings is 1. The maximum absolute atomic E-state index is 4.97. The van der Waals surface area contributed by atoms with E-state index in [1.165, 1.54) is 30.6 Å². The van der Waals surface area contributed by atoms with Crippen LogP contribution in [-0.2, 0) is 6.42 Å². The highest BCUT2D eigenvalue weighted by molar-refractivity contribution is 7.22. The summed E-state index contributed by atoms with van der Waals surface area (Å²) in [6.07, 6.45) is 3.37. The zero-order valence-corrected chi connectivity index (χ0v) is 16.4. The lowest BCUT2D eigenvalue weighted by Crippen LogP contribution is -2.32. The maximum Gasteiger partial charge on any atom is 0.186 e. The molecule has 4 aromatic rings. The van der Waals surface area contributed by atoms with Crippen LogP contribution in [0.15, 0.2) is 42.5 Å². The maximum atomic E-state index is 4.97. The normalized spacial score (nSPS) is 16.0. The fourth-order valence-corrected chi connectivity index (χ4v) is 6.00. The van der Waals surface area contributed by atoms with Gasteiger partial charge in [0.1, 0.15) is 0 Å². The van der Waals surface area contributed by atoms with Crippen molar-refractivity contribution in [3.05, 3.63) is 53.0 Å². The zero-order chi connectivity index (χ0) is 17.5. The summed E-state index contributed by atoms with van der Waals surface area (Å²) in [4.78, 5) is 12.3. The molecule has 0 amide bonds. The van der Waals surface area contributed by atoms with Crippen LogP contribution in [0.1, 0.15) is 36.3 Å². The molecule has 0 N–H and O–H groups in total. The van der Waals surface area contributed by atoms with E-state index in [0.29, 0.717) is 5.92 Å². The molecule has 1 saturated heterocycles. The summed E-state index contributed by atoms with van der Waals surface area (Å²) in [6, 6.07) is 15.0. The van der Waals surface area contributed by atoms with E-state index in [4.69, 9.17) is 9.97 Å². The first-order chi connectivity index (χ1) is 12.8. The third kappa shape index (κ3) is 2.79. The van der Waals surface area contributed by atoms with E-state index < -0.39 is 0 Å². The Morgan fingerprint density at radius 3 is 2.58 bits per heavy atom. The standard InChI is InChI=1S/C21H21N3S2/c1-2-14-6-5-9-18-19(14)23-21(26-18)24-12-10-15(11-13-24)20-22-16-7-3-4-8-17(16)25-20/h3-9,15H,2,10-13H2,1H3. The van der Waals surface area contributed by atoms with Gasteiger partial charge in [-0.2, -0.15) is 0 Å². The third-order valence-corrected chi connectivity index (χ3v) is 7.58. The van der Waals surface area contributed by atoms with Crippen molar-refractivity contribution in [1.29, 1.82) is 0 Å². The average molecular weight is 380 g/mol.